The number of nitrogens with one attached hydrogen (secondary N) is 2. The number of halogens is 3. The number of rotatable bonds is 3. The van der Waals surface area contributed by atoms with Crippen molar-refractivity contribution in [1.82, 2.24) is 20.7 Å². The first-order valence-electron chi connectivity index (χ1n) is 8.42. The molecule has 2 amide bonds. The van der Waals surface area contributed by atoms with Gasteiger partial charge in [0.25, 0.3) is 5.91 Å². The van der Waals surface area contributed by atoms with Gasteiger partial charge in [0.1, 0.15) is 18.4 Å². The average molecular weight is 365 g/mol. The number of carbonyl (C=O) groups is 2. The average Bonchev–Trinajstić information content (AvgIpc) is 2.52. The van der Waals surface area contributed by atoms with Crippen LogP contribution in [0.1, 0.15) is 19.3 Å². The number of piperazine rings is 1. The van der Waals surface area contributed by atoms with E-state index in [1.54, 1.807) is 9.80 Å². The smallest absolute Gasteiger partial charge is 0.253 e. The van der Waals surface area contributed by atoms with Crippen molar-refractivity contribution in [3.8, 4) is 0 Å². The fourth-order valence-corrected chi connectivity index (χ4v) is 4.11. The Hall–Kier alpha value is -0.990. The molecule has 3 aliphatic rings. The third-order valence-electron chi connectivity index (χ3n) is 5.16. The molecule has 2 saturated heterocycles. The summed E-state index contributed by atoms with van der Waals surface area (Å²) in [6.07, 6.45) is -1.49. The number of hydrogen-bond acceptors (Lipinski definition) is 4. The van der Waals surface area contributed by atoms with E-state index in [1.807, 2.05) is 0 Å². The van der Waals surface area contributed by atoms with Gasteiger partial charge < -0.3 is 4.90 Å². The van der Waals surface area contributed by atoms with Gasteiger partial charge in [-0.2, -0.15) is 0 Å². The van der Waals surface area contributed by atoms with Crippen LogP contribution >= 0.6 is 11.6 Å². The number of nitrogens with zero attached hydrogens (tertiary/aromatic N) is 2. The first-order chi connectivity index (χ1) is 11.5. The molecule has 2 N–H and O–H groups in total. The van der Waals surface area contributed by atoms with Crippen molar-refractivity contribution in [2.45, 2.75) is 43.0 Å². The minimum Gasteiger partial charge on any atom is -0.340 e. The van der Waals surface area contributed by atoms with Gasteiger partial charge in [0.15, 0.2) is 0 Å². The Morgan fingerprint density at radius 2 is 2.00 bits per heavy atom. The fourth-order valence-electron chi connectivity index (χ4n) is 3.76. The zero-order valence-electron chi connectivity index (χ0n) is 13.4. The number of carbonyl (C=O) groups excluding carboxylic acids is 2. The SMILES string of the molecule is O=C1NNCC(Cl)C1N1CCN(CC2CCC(F)CC2F)C(=O)C1. The molecule has 5 atom stereocenters. The monoisotopic (exact) mass is 364 g/mol. The molecule has 3 fully saturated rings. The van der Waals surface area contributed by atoms with E-state index in [0.717, 1.165) is 0 Å². The van der Waals surface area contributed by atoms with Crippen molar-refractivity contribution in [1.29, 1.82) is 0 Å². The molecule has 0 aromatic carbocycles. The summed E-state index contributed by atoms with van der Waals surface area (Å²) in [5.74, 6) is -0.672. The topological polar surface area (TPSA) is 64.7 Å². The standard InChI is InChI=1S/C15H23ClF2N4O2/c16-11-6-19-20-15(24)14(11)22-4-3-21(13(23)8-22)7-9-1-2-10(17)5-12(9)18/h9-12,14,19H,1-8H2,(H,20,24). The van der Waals surface area contributed by atoms with Crippen LogP contribution in [-0.4, -0.2) is 78.1 Å². The minimum atomic E-state index is -1.19. The van der Waals surface area contributed by atoms with Crippen LogP contribution < -0.4 is 10.9 Å². The van der Waals surface area contributed by atoms with E-state index in [2.05, 4.69) is 10.9 Å². The molecule has 2 aliphatic heterocycles. The van der Waals surface area contributed by atoms with Gasteiger partial charge in [-0.15, -0.1) is 11.6 Å². The summed E-state index contributed by atoms with van der Waals surface area (Å²) in [7, 11) is 0. The Morgan fingerprint density at radius 3 is 2.67 bits per heavy atom. The molecule has 2 heterocycles. The highest BCUT2D eigenvalue weighted by Crippen LogP contribution is 2.30. The molecule has 5 unspecified atom stereocenters. The molecule has 3 rings (SSSR count). The minimum absolute atomic E-state index is 0.0675. The second-order valence-corrected chi connectivity index (χ2v) is 7.39. The molecule has 0 aromatic rings. The van der Waals surface area contributed by atoms with E-state index < -0.39 is 23.8 Å². The van der Waals surface area contributed by atoms with Crippen LogP contribution in [0.15, 0.2) is 0 Å². The van der Waals surface area contributed by atoms with Crippen LogP contribution in [0.25, 0.3) is 0 Å². The van der Waals surface area contributed by atoms with Gasteiger partial charge >= 0.3 is 0 Å². The second kappa shape index (κ2) is 7.49. The van der Waals surface area contributed by atoms with Gasteiger partial charge in [-0.3, -0.25) is 19.9 Å². The Bertz CT molecular complexity index is 498. The summed E-state index contributed by atoms with van der Waals surface area (Å²) in [5, 5.41) is -0.409. The van der Waals surface area contributed by atoms with Crippen LogP contribution in [0.4, 0.5) is 8.78 Å². The van der Waals surface area contributed by atoms with Gasteiger partial charge in [0.05, 0.1) is 11.9 Å². The number of hydrazine groups is 1. The third kappa shape index (κ3) is 3.81. The highest BCUT2D eigenvalue weighted by molar-refractivity contribution is 6.23. The van der Waals surface area contributed by atoms with E-state index >= 15 is 0 Å². The highest BCUT2D eigenvalue weighted by Gasteiger charge is 2.40. The molecular weight excluding hydrogens is 342 g/mol. The summed E-state index contributed by atoms with van der Waals surface area (Å²) in [6.45, 7) is 1.80. The molecule has 136 valence electrons. The molecular formula is C15H23ClF2N4O2. The van der Waals surface area contributed by atoms with Crippen LogP contribution in [-0.2, 0) is 9.59 Å². The lowest BCUT2D eigenvalue weighted by Crippen LogP contribution is -2.66. The van der Waals surface area contributed by atoms with E-state index in [9.17, 15) is 18.4 Å². The Morgan fingerprint density at radius 1 is 1.21 bits per heavy atom. The van der Waals surface area contributed by atoms with Crippen molar-refractivity contribution in [3.63, 3.8) is 0 Å². The largest absolute Gasteiger partial charge is 0.340 e. The van der Waals surface area contributed by atoms with E-state index in [4.69, 9.17) is 11.6 Å². The fraction of sp³-hybridized carbons (Fsp3) is 0.867. The molecule has 24 heavy (non-hydrogen) atoms. The summed E-state index contributed by atoms with van der Waals surface area (Å²) < 4.78 is 27.2. The summed E-state index contributed by atoms with van der Waals surface area (Å²) >= 11 is 6.21. The number of amides is 2. The third-order valence-corrected chi connectivity index (χ3v) is 5.55. The first kappa shape index (κ1) is 17.8. The predicted molar refractivity (Wildman–Crippen MR) is 84.9 cm³/mol. The lowest BCUT2D eigenvalue weighted by atomic mass is 9.86. The lowest BCUT2D eigenvalue weighted by Gasteiger charge is -2.42. The quantitative estimate of drug-likeness (QED) is 0.703. The van der Waals surface area contributed by atoms with Crippen molar-refractivity contribution >= 4 is 23.4 Å². The predicted octanol–water partition coefficient (Wildman–Crippen LogP) is 0.217. The highest BCUT2D eigenvalue weighted by atomic mass is 35.5. The van der Waals surface area contributed by atoms with Crippen molar-refractivity contribution in [2.75, 3.05) is 32.7 Å². The normalized spacial score (nSPS) is 39.0. The molecule has 0 radical (unpaired) electrons. The molecule has 1 aliphatic carbocycles. The summed E-state index contributed by atoms with van der Waals surface area (Å²) in [4.78, 5) is 27.8. The molecule has 0 aromatic heterocycles. The summed E-state index contributed by atoms with van der Waals surface area (Å²) in [5.41, 5.74) is 5.25. The number of hydrogen-bond donors (Lipinski definition) is 2. The van der Waals surface area contributed by atoms with Gasteiger partial charge in [-0.05, 0) is 12.8 Å². The first-order valence-corrected chi connectivity index (χ1v) is 8.86. The van der Waals surface area contributed by atoms with Gasteiger partial charge in [-0.1, -0.05) is 0 Å². The van der Waals surface area contributed by atoms with Gasteiger partial charge in [0.2, 0.25) is 5.91 Å². The summed E-state index contributed by atoms with van der Waals surface area (Å²) in [6, 6.07) is -0.546. The second-order valence-electron chi connectivity index (χ2n) is 6.83. The maximum Gasteiger partial charge on any atom is 0.253 e. The van der Waals surface area contributed by atoms with Crippen LogP contribution in [0, 0.1) is 5.92 Å². The molecule has 1 saturated carbocycles. The molecule has 0 bridgehead atoms. The zero-order valence-corrected chi connectivity index (χ0v) is 14.1. The van der Waals surface area contributed by atoms with Crippen molar-refractivity contribution in [2.24, 2.45) is 5.92 Å². The zero-order chi connectivity index (χ0) is 17.3. The van der Waals surface area contributed by atoms with E-state index in [1.165, 1.54) is 0 Å². The molecule has 0 spiro atoms. The Labute approximate surface area is 144 Å². The molecule has 6 nitrogen and oxygen atoms in total. The van der Waals surface area contributed by atoms with Crippen molar-refractivity contribution < 1.29 is 18.4 Å². The number of alkyl halides is 3. The van der Waals surface area contributed by atoms with Gasteiger partial charge in [-0.25, -0.2) is 14.2 Å². The van der Waals surface area contributed by atoms with E-state index in [-0.39, 0.29) is 30.7 Å². The van der Waals surface area contributed by atoms with Gasteiger partial charge in [0, 0.05) is 38.5 Å². The molecule has 9 heteroatoms. The van der Waals surface area contributed by atoms with E-state index in [0.29, 0.717) is 39.0 Å². The maximum absolute atomic E-state index is 14.0. The lowest BCUT2D eigenvalue weighted by molar-refractivity contribution is -0.141. The Kier molecular flexibility index (Phi) is 5.56. The Balaban J connectivity index is 1.55. The maximum atomic E-state index is 14.0. The van der Waals surface area contributed by atoms with Crippen LogP contribution in [0.3, 0.4) is 0 Å². The van der Waals surface area contributed by atoms with Crippen LogP contribution in [0.5, 0.6) is 0 Å². The van der Waals surface area contributed by atoms with Crippen LogP contribution in [0.2, 0.25) is 0 Å². The van der Waals surface area contributed by atoms with Crippen molar-refractivity contribution in [3.05, 3.63) is 0 Å².